The second-order valence-electron chi connectivity index (χ2n) is 5.77. The summed E-state index contributed by atoms with van der Waals surface area (Å²) in [6, 6.07) is 1.22. The summed E-state index contributed by atoms with van der Waals surface area (Å²) in [5.41, 5.74) is -1.07. The minimum Gasteiger partial charge on any atom is -0.462 e. The normalized spacial score (nSPS) is 14.8. The zero-order chi connectivity index (χ0) is 19.7. The van der Waals surface area contributed by atoms with Crippen LogP contribution in [0.4, 0.5) is 0 Å². The summed E-state index contributed by atoms with van der Waals surface area (Å²) in [4.78, 5) is 36.3. The largest absolute Gasteiger partial charge is 0.462 e. The molecular weight excluding hydrogens is 365 g/mol. The monoisotopic (exact) mass is 391 g/mol. The van der Waals surface area contributed by atoms with Crippen LogP contribution in [0.5, 0.6) is 0 Å². The second kappa shape index (κ2) is 11.1. The number of rotatable bonds is 11. The predicted octanol–water partition coefficient (Wildman–Crippen LogP) is 0.798. The van der Waals surface area contributed by atoms with Gasteiger partial charge in [0.25, 0.3) is 13.7 Å². The molecular formula is C15H26N3O7P. The van der Waals surface area contributed by atoms with E-state index in [1.165, 1.54) is 16.8 Å². The fourth-order valence-electron chi connectivity index (χ4n) is 1.98. The molecule has 0 aliphatic carbocycles. The highest BCUT2D eigenvalue weighted by Gasteiger charge is 2.16. The number of hydrogen-bond donors (Lipinski definition) is 2. The van der Waals surface area contributed by atoms with E-state index in [-0.39, 0.29) is 19.3 Å². The number of nitrogens with zero attached hydrogens (tertiary/aromatic N) is 1. The standard InChI is InChI=1S/C15H26N3O7P/c1-5-12(9-23-26(22)16-8-14(20)24-10(2)3)25-11(4)18-7-6-13(19)17-15(18)21/h6-7,10-12,26H,5,8-9H2,1-4H3,(H,16,22)(H,17,19,21)/t11-,12+/m1/s1. The Morgan fingerprint density at radius 2 is 2.04 bits per heavy atom. The van der Waals surface area contributed by atoms with E-state index in [1.54, 1.807) is 20.8 Å². The molecule has 0 fully saturated rings. The Morgan fingerprint density at radius 1 is 1.35 bits per heavy atom. The Hall–Kier alpha value is -1.74. The highest BCUT2D eigenvalue weighted by atomic mass is 31.1. The lowest BCUT2D eigenvalue weighted by Gasteiger charge is -2.22. The van der Waals surface area contributed by atoms with Gasteiger partial charge in [-0.3, -0.25) is 23.7 Å². The fraction of sp³-hybridized carbons (Fsp3) is 0.667. The van der Waals surface area contributed by atoms with Crippen LogP contribution in [0.15, 0.2) is 21.9 Å². The number of hydrogen-bond acceptors (Lipinski definition) is 7. The minimum atomic E-state index is -2.63. The first-order valence-electron chi connectivity index (χ1n) is 8.30. The van der Waals surface area contributed by atoms with Crippen LogP contribution < -0.4 is 16.3 Å². The fourth-order valence-corrected chi connectivity index (χ4v) is 2.71. The Morgan fingerprint density at radius 3 is 2.62 bits per heavy atom. The Bertz CT molecular complexity index is 716. The molecule has 148 valence electrons. The topological polar surface area (TPSA) is 129 Å². The molecule has 1 rings (SSSR count). The SMILES string of the molecule is CC[C@@H](CO[PH](=O)NCC(=O)OC(C)C)O[C@H](C)n1ccc(=O)[nH]c1=O. The van der Waals surface area contributed by atoms with E-state index < -0.39 is 37.7 Å². The van der Waals surface area contributed by atoms with Crippen molar-refractivity contribution in [2.24, 2.45) is 0 Å². The van der Waals surface area contributed by atoms with Gasteiger partial charge < -0.3 is 14.0 Å². The van der Waals surface area contributed by atoms with E-state index >= 15 is 0 Å². The number of nitrogens with one attached hydrogen (secondary N) is 2. The van der Waals surface area contributed by atoms with Gasteiger partial charge in [-0.2, -0.15) is 0 Å². The van der Waals surface area contributed by atoms with Crippen molar-refractivity contribution in [1.29, 1.82) is 0 Å². The van der Waals surface area contributed by atoms with Crippen molar-refractivity contribution in [2.45, 2.75) is 52.6 Å². The molecule has 0 aliphatic heterocycles. The van der Waals surface area contributed by atoms with Crippen LogP contribution in [0, 0.1) is 0 Å². The molecule has 2 N–H and O–H groups in total. The van der Waals surface area contributed by atoms with Crippen LogP contribution >= 0.6 is 8.18 Å². The first-order chi connectivity index (χ1) is 12.2. The van der Waals surface area contributed by atoms with E-state index in [2.05, 4.69) is 10.1 Å². The van der Waals surface area contributed by atoms with Crippen molar-refractivity contribution in [2.75, 3.05) is 13.2 Å². The van der Waals surface area contributed by atoms with Gasteiger partial charge in [-0.25, -0.2) is 9.88 Å². The summed E-state index contributed by atoms with van der Waals surface area (Å²) in [6.45, 7) is 6.73. The summed E-state index contributed by atoms with van der Waals surface area (Å²) in [5, 5.41) is 2.47. The van der Waals surface area contributed by atoms with Crippen LogP contribution in [0.2, 0.25) is 0 Å². The van der Waals surface area contributed by atoms with Gasteiger partial charge >= 0.3 is 11.7 Å². The number of ether oxygens (including phenoxy) is 2. The lowest BCUT2D eigenvalue weighted by atomic mass is 10.3. The lowest BCUT2D eigenvalue weighted by molar-refractivity contribution is -0.145. The molecule has 0 bridgehead atoms. The summed E-state index contributed by atoms with van der Waals surface area (Å²) in [5.74, 6) is -0.517. The zero-order valence-electron chi connectivity index (χ0n) is 15.3. The number of esters is 1. The quantitative estimate of drug-likeness (QED) is 0.419. The molecule has 3 atom stereocenters. The van der Waals surface area contributed by atoms with E-state index in [0.29, 0.717) is 6.42 Å². The second-order valence-corrected chi connectivity index (χ2v) is 6.99. The first-order valence-corrected chi connectivity index (χ1v) is 9.61. The maximum Gasteiger partial charge on any atom is 0.330 e. The average molecular weight is 391 g/mol. The number of H-pyrrole nitrogens is 1. The third-order valence-corrected chi connectivity index (χ3v) is 4.13. The van der Waals surface area contributed by atoms with E-state index in [9.17, 15) is 18.9 Å². The van der Waals surface area contributed by atoms with Crippen LogP contribution in [0.3, 0.4) is 0 Å². The average Bonchev–Trinajstić information content (AvgIpc) is 2.55. The van der Waals surface area contributed by atoms with Crippen LogP contribution in [0.25, 0.3) is 0 Å². The van der Waals surface area contributed by atoms with Crippen LogP contribution in [-0.4, -0.2) is 40.9 Å². The zero-order valence-corrected chi connectivity index (χ0v) is 16.3. The Labute approximate surface area is 151 Å². The third kappa shape index (κ3) is 8.09. The molecule has 26 heavy (non-hydrogen) atoms. The summed E-state index contributed by atoms with van der Waals surface area (Å²) >= 11 is 0. The van der Waals surface area contributed by atoms with Gasteiger partial charge in [-0.1, -0.05) is 6.92 Å². The van der Waals surface area contributed by atoms with Gasteiger partial charge in [0.2, 0.25) is 0 Å². The molecule has 1 aromatic heterocycles. The van der Waals surface area contributed by atoms with Crippen molar-refractivity contribution in [1.82, 2.24) is 14.6 Å². The smallest absolute Gasteiger partial charge is 0.330 e. The molecule has 11 heteroatoms. The molecule has 0 amide bonds. The van der Waals surface area contributed by atoms with Gasteiger partial charge in [-0.15, -0.1) is 0 Å². The highest BCUT2D eigenvalue weighted by molar-refractivity contribution is 7.36. The van der Waals surface area contributed by atoms with Crippen molar-refractivity contribution in [3.63, 3.8) is 0 Å². The number of aromatic nitrogens is 2. The van der Waals surface area contributed by atoms with Crippen molar-refractivity contribution >= 4 is 14.1 Å². The Kier molecular flexibility index (Phi) is 9.50. The van der Waals surface area contributed by atoms with Crippen LogP contribution in [0.1, 0.15) is 40.3 Å². The molecule has 1 aromatic rings. The molecule has 0 aliphatic rings. The third-order valence-electron chi connectivity index (χ3n) is 3.23. The summed E-state index contributed by atoms with van der Waals surface area (Å²) in [6.07, 6.45) is 0.562. The van der Waals surface area contributed by atoms with Gasteiger partial charge in [0.15, 0.2) is 0 Å². The summed E-state index contributed by atoms with van der Waals surface area (Å²) in [7, 11) is -2.63. The molecule has 0 saturated heterocycles. The predicted molar refractivity (Wildman–Crippen MR) is 95.4 cm³/mol. The van der Waals surface area contributed by atoms with Gasteiger partial charge in [0.05, 0.1) is 18.8 Å². The molecule has 1 heterocycles. The molecule has 1 unspecified atom stereocenters. The lowest BCUT2D eigenvalue weighted by Crippen LogP contribution is -2.33. The van der Waals surface area contributed by atoms with Crippen molar-refractivity contribution in [3.8, 4) is 0 Å². The minimum absolute atomic E-state index is 0.0168. The maximum atomic E-state index is 11.8. The molecule has 10 nitrogen and oxygen atoms in total. The van der Waals surface area contributed by atoms with Gasteiger partial charge in [-0.05, 0) is 27.2 Å². The molecule has 0 saturated carbocycles. The van der Waals surface area contributed by atoms with E-state index in [4.69, 9.17) is 14.0 Å². The van der Waals surface area contributed by atoms with E-state index in [1.807, 2.05) is 6.92 Å². The van der Waals surface area contributed by atoms with Crippen molar-refractivity contribution in [3.05, 3.63) is 33.1 Å². The number of aromatic amines is 1. The number of carbonyl (C=O) groups is 1. The number of carbonyl (C=O) groups excluding carboxylic acids is 1. The summed E-state index contributed by atoms with van der Waals surface area (Å²) < 4.78 is 28.8. The molecule has 0 radical (unpaired) electrons. The van der Waals surface area contributed by atoms with Gasteiger partial charge in [0.1, 0.15) is 12.8 Å². The van der Waals surface area contributed by atoms with Gasteiger partial charge in [0, 0.05) is 12.3 Å². The van der Waals surface area contributed by atoms with E-state index in [0.717, 1.165) is 0 Å². The molecule has 0 spiro atoms. The van der Waals surface area contributed by atoms with Crippen LogP contribution in [-0.2, 0) is 23.4 Å². The highest BCUT2D eigenvalue weighted by Crippen LogP contribution is 2.19. The van der Waals surface area contributed by atoms with Crippen molar-refractivity contribution < 1.29 is 23.4 Å². The molecule has 0 aromatic carbocycles. The first kappa shape index (κ1) is 22.3. The maximum absolute atomic E-state index is 11.8. The Balaban J connectivity index is 2.46.